The zero-order chi connectivity index (χ0) is 17.9. The first-order valence-electron chi connectivity index (χ1n) is 8.02. The average Bonchev–Trinajstić information content (AvgIpc) is 3.29. The second-order valence-electron chi connectivity index (χ2n) is 5.63. The molecule has 4 rings (SSSR count). The maximum absolute atomic E-state index is 8.99. The molecule has 0 fully saturated rings. The van der Waals surface area contributed by atoms with Crippen LogP contribution in [0.3, 0.4) is 0 Å². The van der Waals surface area contributed by atoms with Crippen LogP contribution in [0.25, 0.3) is 22.3 Å². The molecule has 0 saturated heterocycles. The van der Waals surface area contributed by atoms with Gasteiger partial charge >= 0.3 is 0 Å². The lowest BCUT2D eigenvalue weighted by Gasteiger charge is -2.08. The van der Waals surface area contributed by atoms with Gasteiger partial charge in [0.2, 0.25) is 0 Å². The van der Waals surface area contributed by atoms with Crippen LogP contribution in [-0.2, 0) is 13.1 Å². The Morgan fingerprint density at radius 1 is 1.27 bits per heavy atom. The Bertz CT molecular complexity index is 1040. The topological polar surface area (TPSA) is 143 Å². The number of nitrogen functional groups attached to an aromatic ring is 1. The smallest absolute Gasteiger partial charge is 0.169 e. The minimum absolute atomic E-state index is 0.0216. The average molecular weight is 351 g/mol. The molecule has 0 aliphatic carbocycles. The lowest BCUT2D eigenvalue weighted by molar-refractivity contribution is 0.269. The molecule has 0 aliphatic rings. The molecule has 0 bridgehead atoms. The second kappa shape index (κ2) is 6.76. The molecule has 132 valence electrons. The van der Waals surface area contributed by atoms with Crippen molar-refractivity contribution in [1.82, 2.24) is 34.9 Å². The van der Waals surface area contributed by atoms with Crippen molar-refractivity contribution in [2.75, 3.05) is 17.7 Å². The molecule has 0 radical (unpaired) electrons. The van der Waals surface area contributed by atoms with Crippen LogP contribution >= 0.6 is 0 Å². The Hall–Kier alpha value is -3.53. The van der Waals surface area contributed by atoms with Gasteiger partial charge in [0.15, 0.2) is 17.3 Å². The first-order valence-corrected chi connectivity index (χ1v) is 8.02. The predicted molar refractivity (Wildman–Crippen MR) is 96.0 cm³/mol. The quantitative estimate of drug-likeness (QED) is 0.399. The van der Waals surface area contributed by atoms with Crippen LogP contribution in [0, 0.1) is 0 Å². The molecule has 26 heavy (non-hydrogen) atoms. The van der Waals surface area contributed by atoms with Crippen LogP contribution in [0.5, 0.6) is 0 Å². The van der Waals surface area contributed by atoms with Crippen molar-refractivity contribution in [3.05, 3.63) is 42.6 Å². The highest BCUT2D eigenvalue weighted by Gasteiger charge is 2.11. The summed E-state index contributed by atoms with van der Waals surface area (Å²) in [4.78, 5) is 12.9. The SMILES string of the molecule is Nc1ncc(-c2cnn(CCO)c2)nc1NCc1n[nH]c2ncccc12. The van der Waals surface area contributed by atoms with Crippen LogP contribution in [-0.4, -0.2) is 46.6 Å². The highest BCUT2D eigenvalue weighted by molar-refractivity contribution is 5.77. The summed E-state index contributed by atoms with van der Waals surface area (Å²) in [6, 6.07) is 3.81. The summed E-state index contributed by atoms with van der Waals surface area (Å²) in [6.07, 6.45) is 6.77. The van der Waals surface area contributed by atoms with Gasteiger partial charge in [-0.3, -0.25) is 9.78 Å². The van der Waals surface area contributed by atoms with E-state index in [2.05, 4.69) is 35.6 Å². The first-order chi connectivity index (χ1) is 12.7. The summed E-state index contributed by atoms with van der Waals surface area (Å²) in [5.41, 5.74) is 8.92. The fourth-order valence-electron chi connectivity index (χ4n) is 2.60. The third-order valence-corrected chi connectivity index (χ3v) is 3.90. The normalized spacial score (nSPS) is 11.1. The van der Waals surface area contributed by atoms with Crippen LogP contribution in [0.4, 0.5) is 11.6 Å². The zero-order valence-electron chi connectivity index (χ0n) is 13.8. The summed E-state index contributed by atoms with van der Waals surface area (Å²) in [5, 5.41) is 24.4. The maximum Gasteiger partial charge on any atom is 0.169 e. The summed E-state index contributed by atoms with van der Waals surface area (Å²) in [5.74, 6) is 0.770. The monoisotopic (exact) mass is 351 g/mol. The minimum Gasteiger partial charge on any atom is -0.394 e. The molecule has 0 aliphatic heterocycles. The van der Waals surface area contributed by atoms with Crippen LogP contribution in [0.2, 0.25) is 0 Å². The molecular formula is C16H17N9O. The van der Waals surface area contributed by atoms with Crippen LogP contribution in [0.15, 0.2) is 36.9 Å². The van der Waals surface area contributed by atoms with Gasteiger partial charge in [0, 0.05) is 23.3 Å². The van der Waals surface area contributed by atoms with E-state index in [1.54, 1.807) is 29.5 Å². The lowest BCUT2D eigenvalue weighted by Crippen LogP contribution is -2.07. The third-order valence-electron chi connectivity index (χ3n) is 3.90. The number of aromatic amines is 1. The Kier molecular flexibility index (Phi) is 4.15. The molecule has 4 heterocycles. The molecule has 0 saturated carbocycles. The van der Waals surface area contributed by atoms with Gasteiger partial charge in [-0.15, -0.1) is 0 Å². The first kappa shape index (κ1) is 16.0. The van der Waals surface area contributed by atoms with E-state index in [-0.39, 0.29) is 6.61 Å². The fourth-order valence-corrected chi connectivity index (χ4v) is 2.60. The van der Waals surface area contributed by atoms with E-state index in [9.17, 15) is 0 Å². The van der Waals surface area contributed by atoms with Gasteiger partial charge in [-0.05, 0) is 12.1 Å². The van der Waals surface area contributed by atoms with E-state index in [0.717, 1.165) is 22.3 Å². The predicted octanol–water partition coefficient (Wildman–Crippen LogP) is 0.798. The van der Waals surface area contributed by atoms with Gasteiger partial charge in [-0.1, -0.05) is 0 Å². The van der Waals surface area contributed by atoms with Crippen molar-refractivity contribution in [2.24, 2.45) is 0 Å². The van der Waals surface area contributed by atoms with E-state index in [1.807, 2.05) is 12.1 Å². The van der Waals surface area contributed by atoms with Crippen molar-refractivity contribution in [1.29, 1.82) is 0 Å². The van der Waals surface area contributed by atoms with E-state index < -0.39 is 0 Å². The van der Waals surface area contributed by atoms with Crippen molar-refractivity contribution in [2.45, 2.75) is 13.1 Å². The molecular weight excluding hydrogens is 334 g/mol. The maximum atomic E-state index is 8.99. The number of pyridine rings is 1. The Balaban J connectivity index is 1.56. The number of nitrogens with two attached hydrogens (primary N) is 1. The molecule has 5 N–H and O–H groups in total. The van der Waals surface area contributed by atoms with E-state index in [4.69, 9.17) is 10.8 Å². The molecule has 0 unspecified atom stereocenters. The summed E-state index contributed by atoms with van der Waals surface area (Å²) >= 11 is 0. The van der Waals surface area contributed by atoms with Gasteiger partial charge in [-0.2, -0.15) is 10.2 Å². The van der Waals surface area contributed by atoms with Crippen molar-refractivity contribution >= 4 is 22.7 Å². The highest BCUT2D eigenvalue weighted by Crippen LogP contribution is 2.22. The molecule has 10 nitrogen and oxygen atoms in total. The Morgan fingerprint density at radius 3 is 3.08 bits per heavy atom. The number of aliphatic hydroxyl groups is 1. The van der Waals surface area contributed by atoms with Crippen molar-refractivity contribution in [3.63, 3.8) is 0 Å². The molecule has 0 aromatic carbocycles. The van der Waals surface area contributed by atoms with Crippen LogP contribution < -0.4 is 11.1 Å². The molecule has 4 aromatic heterocycles. The molecule has 0 amide bonds. The summed E-state index contributed by atoms with van der Waals surface area (Å²) in [7, 11) is 0. The third kappa shape index (κ3) is 3.05. The largest absolute Gasteiger partial charge is 0.394 e. The summed E-state index contributed by atoms with van der Waals surface area (Å²) < 4.78 is 1.64. The Morgan fingerprint density at radius 2 is 2.19 bits per heavy atom. The zero-order valence-corrected chi connectivity index (χ0v) is 13.8. The number of hydrogen-bond acceptors (Lipinski definition) is 8. The highest BCUT2D eigenvalue weighted by atomic mass is 16.3. The number of aromatic nitrogens is 7. The molecule has 4 aromatic rings. The number of rotatable bonds is 6. The number of H-pyrrole nitrogens is 1. The van der Waals surface area contributed by atoms with Crippen LogP contribution in [0.1, 0.15) is 5.69 Å². The molecule has 0 atom stereocenters. The van der Waals surface area contributed by atoms with E-state index in [1.165, 1.54) is 0 Å². The number of nitrogens with one attached hydrogen (secondary N) is 2. The van der Waals surface area contributed by atoms with Gasteiger partial charge in [-0.25, -0.2) is 15.0 Å². The van der Waals surface area contributed by atoms with Crippen molar-refractivity contribution < 1.29 is 5.11 Å². The standard InChI is InChI=1S/C16H17N9O/c17-14-16(20-8-13-11-2-1-3-18-15(11)24-23-13)22-12(7-19-14)10-6-21-25(9-10)4-5-26/h1-3,6-7,9,26H,4-5,8H2,(H2,17,19)(H,20,22)(H,18,23,24). The lowest BCUT2D eigenvalue weighted by atomic mass is 10.2. The fraction of sp³-hybridized carbons (Fsp3) is 0.188. The number of hydrogen-bond donors (Lipinski definition) is 4. The summed E-state index contributed by atoms with van der Waals surface area (Å²) in [6.45, 7) is 0.874. The van der Waals surface area contributed by atoms with E-state index >= 15 is 0 Å². The van der Waals surface area contributed by atoms with Crippen molar-refractivity contribution in [3.8, 4) is 11.3 Å². The molecule has 10 heteroatoms. The Labute approximate surface area is 148 Å². The number of nitrogens with zero attached hydrogens (tertiary/aromatic N) is 6. The van der Waals surface area contributed by atoms with Gasteiger partial charge < -0.3 is 16.2 Å². The minimum atomic E-state index is 0.0216. The molecule has 0 spiro atoms. The van der Waals surface area contributed by atoms with E-state index in [0.29, 0.717) is 30.4 Å². The number of aliphatic hydroxyl groups excluding tert-OH is 1. The van der Waals surface area contributed by atoms with Gasteiger partial charge in [0.05, 0.1) is 43.5 Å². The second-order valence-corrected chi connectivity index (χ2v) is 5.63. The van der Waals surface area contributed by atoms with Gasteiger partial charge in [0.1, 0.15) is 0 Å². The number of fused-ring (bicyclic) bond motifs is 1. The number of anilines is 2. The van der Waals surface area contributed by atoms with Gasteiger partial charge in [0.25, 0.3) is 0 Å².